The average Bonchev–Trinajstić information content (AvgIpc) is 2.47. The summed E-state index contributed by atoms with van der Waals surface area (Å²) in [5.74, 6) is 0. The van der Waals surface area contributed by atoms with Gasteiger partial charge in [0.15, 0.2) is 0 Å². The Morgan fingerprint density at radius 3 is 2.46 bits per heavy atom. The molecule has 1 rings (SSSR count). The maximum atomic E-state index is 3.48. The van der Waals surface area contributed by atoms with Crippen molar-refractivity contribution in [3.8, 4) is 0 Å². The van der Waals surface area contributed by atoms with E-state index in [-0.39, 0.29) is 2.27 Å². The lowest BCUT2D eigenvalue weighted by Crippen LogP contribution is -2.33. The molecule has 0 bridgehead atoms. The Morgan fingerprint density at radius 1 is 1.31 bits per heavy atom. The number of halogens is 3. The van der Waals surface area contributed by atoms with Gasteiger partial charge in [0.25, 0.3) is 0 Å². The summed E-state index contributed by atoms with van der Waals surface area (Å²) in [5, 5.41) is 0. The lowest BCUT2D eigenvalue weighted by molar-refractivity contribution is 0.275. The SMILES string of the molecule is CCCCN1C=CN(C(Br)(Br)Br)C1. The normalized spacial score (nSPS) is 17.2. The summed E-state index contributed by atoms with van der Waals surface area (Å²) in [6, 6.07) is 0. The largest absolute Gasteiger partial charge is 0.358 e. The molecule has 13 heavy (non-hydrogen) atoms. The van der Waals surface area contributed by atoms with Crippen LogP contribution in [0.25, 0.3) is 0 Å². The molecule has 76 valence electrons. The lowest BCUT2D eigenvalue weighted by Gasteiger charge is -2.28. The number of unbranched alkanes of at least 4 members (excludes halogenated alkanes) is 1. The quantitative estimate of drug-likeness (QED) is 0.548. The first kappa shape index (κ1) is 11.9. The van der Waals surface area contributed by atoms with Crippen LogP contribution in [0.3, 0.4) is 0 Å². The first-order valence-electron chi connectivity index (χ1n) is 4.30. The van der Waals surface area contributed by atoms with Crippen molar-refractivity contribution in [2.24, 2.45) is 0 Å². The first-order chi connectivity index (χ1) is 6.04. The van der Waals surface area contributed by atoms with E-state index in [0.717, 1.165) is 13.2 Å². The lowest BCUT2D eigenvalue weighted by atomic mass is 10.3. The maximum Gasteiger partial charge on any atom is 0.208 e. The van der Waals surface area contributed by atoms with Gasteiger partial charge >= 0.3 is 0 Å². The van der Waals surface area contributed by atoms with Crippen LogP contribution >= 0.6 is 47.8 Å². The molecule has 0 aromatic rings. The van der Waals surface area contributed by atoms with Crippen molar-refractivity contribution in [1.82, 2.24) is 9.80 Å². The first-order valence-corrected chi connectivity index (χ1v) is 6.68. The van der Waals surface area contributed by atoms with Crippen LogP contribution in [0.2, 0.25) is 0 Å². The molecular formula is C8H13Br3N2. The van der Waals surface area contributed by atoms with E-state index in [1.807, 2.05) is 0 Å². The zero-order chi connectivity index (χ0) is 9.90. The van der Waals surface area contributed by atoms with Crippen LogP contribution in [-0.4, -0.2) is 25.3 Å². The molecule has 0 amide bonds. The van der Waals surface area contributed by atoms with Crippen LogP contribution < -0.4 is 0 Å². The third-order valence-corrected chi connectivity index (χ3v) is 3.28. The molecule has 0 spiro atoms. The Hall–Kier alpha value is 0.780. The summed E-state index contributed by atoms with van der Waals surface area (Å²) in [6.45, 7) is 4.26. The van der Waals surface area contributed by atoms with E-state index in [4.69, 9.17) is 0 Å². The van der Waals surface area contributed by atoms with E-state index in [0.29, 0.717) is 0 Å². The minimum absolute atomic E-state index is 0.301. The summed E-state index contributed by atoms with van der Waals surface area (Å²) >= 11 is 10.4. The van der Waals surface area contributed by atoms with Crippen LogP contribution in [0, 0.1) is 0 Å². The van der Waals surface area contributed by atoms with Gasteiger partial charge in [-0.25, -0.2) is 0 Å². The van der Waals surface area contributed by atoms with Crippen molar-refractivity contribution in [2.75, 3.05) is 13.2 Å². The summed E-state index contributed by atoms with van der Waals surface area (Å²) in [6.07, 6.45) is 6.67. The zero-order valence-corrected chi connectivity index (χ0v) is 12.3. The molecule has 0 aromatic carbocycles. The van der Waals surface area contributed by atoms with E-state index in [1.165, 1.54) is 12.8 Å². The van der Waals surface area contributed by atoms with Gasteiger partial charge in [0.05, 0.1) is 6.67 Å². The van der Waals surface area contributed by atoms with Crippen molar-refractivity contribution >= 4 is 47.8 Å². The minimum Gasteiger partial charge on any atom is -0.358 e. The third-order valence-electron chi connectivity index (χ3n) is 1.92. The molecular weight excluding hydrogens is 364 g/mol. The second-order valence-corrected chi connectivity index (χ2v) is 9.68. The zero-order valence-electron chi connectivity index (χ0n) is 7.51. The van der Waals surface area contributed by atoms with Crippen LogP contribution in [-0.2, 0) is 0 Å². The molecule has 0 N–H and O–H groups in total. The molecule has 0 aliphatic carbocycles. The molecule has 0 fully saturated rings. The molecule has 0 saturated carbocycles. The Kier molecular flexibility index (Phi) is 4.58. The highest BCUT2D eigenvalue weighted by Gasteiger charge is 2.28. The average molecular weight is 377 g/mol. The third kappa shape index (κ3) is 3.80. The minimum atomic E-state index is -0.301. The van der Waals surface area contributed by atoms with E-state index >= 15 is 0 Å². The number of alkyl halides is 3. The topological polar surface area (TPSA) is 6.48 Å². The number of hydrogen-bond donors (Lipinski definition) is 0. The van der Waals surface area contributed by atoms with Crippen molar-refractivity contribution in [3.05, 3.63) is 12.4 Å². The van der Waals surface area contributed by atoms with Gasteiger partial charge in [-0.1, -0.05) is 13.3 Å². The molecule has 0 aromatic heterocycles. The van der Waals surface area contributed by atoms with Gasteiger partial charge in [0.1, 0.15) is 0 Å². The van der Waals surface area contributed by atoms with E-state index in [1.54, 1.807) is 0 Å². The number of hydrogen-bond acceptors (Lipinski definition) is 2. The van der Waals surface area contributed by atoms with E-state index in [9.17, 15) is 0 Å². The van der Waals surface area contributed by atoms with Crippen LogP contribution in [0.1, 0.15) is 19.8 Å². The summed E-state index contributed by atoms with van der Waals surface area (Å²) in [5.41, 5.74) is 0. The monoisotopic (exact) mass is 374 g/mol. The molecule has 1 aliphatic heterocycles. The predicted octanol–water partition coefficient (Wildman–Crippen LogP) is 3.63. The Labute approximate surface area is 105 Å². The number of nitrogens with zero attached hydrogens (tertiary/aromatic N) is 2. The van der Waals surface area contributed by atoms with Crippen LogP contribution in [0.15, 0.2) is 12.4 Å². The van der Waals surface area contributed by atoms with Gasteiger partial charge in [-0.15, -0.1) is 0 Å². The molecule has 0 saturated heterocycles. The van der Waals surface area contributed by atoms with Gasteiger partial charge < -0.3 is 9.80 Å². The standard InChI is InChI=1S/C8H13Br3N2/c1-2-3-4-12-5-6-13(7-12)8(9,10)11/h5-6H,2-4,7H2,1H3. The maximum absolute atomic E-state index is 3.48. The van der Waals surface area contributed by atoms with Crippen molar-refractivity contribution in [2.45, 2.75) is 22.0 Å². The second-order valence-electron chi connectivity index (χ2n) is 3.04. The van der Waals surface area contributed by atoms with Crippen LogP contribution in [0.4, 0.5) is 0 Å². The fourth-order valence-corrected chi connectivity index (χ4v) is 1.83. The van der Waals surface area contributed by atoms with Crippen molar-refractivity contribution < 1.29 is 0 Å². The summed E-state index contributed by atoms with van der Waals surface area (Å²) < 4.78 is -0.301. The van der Waals surface area contributed by atoms with Gasteiger partial charge in [0.2, 0.25) is 2.27 Å². The van der Waals surface area contributed by atoms with E-state index < -0.39 is 0 Å². The van der Waals surface area contributed by atoms with Gasteiger partial charge in [-0.3, -0.25) is 0 Å². The Balaban J connectivity index is 2.34. The molecule has 0 unspecified atom stereocenters. The highest BCUT2D eigenvalue weighted by Crippen LogP contribution is 2.39. The molecule has 1 aliphatic rings. The molecule has 2 nitrogen and oxygen atoms in total. The fourth-order valence-electron chi connectivity index (χ4n) is 1.14. The Morgan fingerprint density at radius 2 is 2.00 bits per heavy atom. The van der Waals surface area contributed by atoms with Crippen molar-refractivity contribution in [1.29, 1.82) is 0 Å². The van der Waals surface area contributed by atoms with Crippen LogP contribution in [0.5, 0.6) is 0 Å². The highest BCUT2D eigenvalue weighted by atomic mass is 80.0. The summed E-state index contributed by atoms with van der Waals surface area (Å²) in [4.78, 5) is 4.42. The van der Waals surface area contributed by atoms with E-state index in [2.05, 4.69) is 76.9 Å². The highest BCUT2D eigenvalue weighted by molar-refractivity contribution is 9.39. The number of rotatable bonds is 3. The Bertz CT molecular complexity index is 188. The van der Waals surface area contributed by atoms with Gasteiger partial charge in [0, 0.05) is 18.9 Å². The molecule has 0 radical (unpaired) electrons. The van der Waals surface area contributed by atoms with Crippen molar-refractivity contribution in [3.63, 3.8) is 0 Å². The van der Waals surface area contributed by atoms with Gasteiger partial charge in [-0.2, -0.15) is 0 Å². The predicted molar refractivity (Wildman–Crippen MR) is 67.0 cm³/mol. The smallest absolute Gasteiger partial charge is 0.208 e. The molecule has 5 heteroatoms. The summed E-state index contributed by atoms with van der Waals surface area (Å²) in [7, 11) is 0. The second kappa shape index (κ2) is 5.03. The fraction of sp³-hybridized carbons (Fsp3) is 0.750. The van der Waals surface area contributed by atoms with Gasteiger partial charge in [-0.05, 0) is 54.2 Å². The molecule has 1 heterocycles. The molecule has 0 atom stereocenters.